The first-order valence-corrected chi connectivity index (χ1v) is 5.82. The molecule has 3 aromatic heterocycles. The number of fused-ring (bicyclic) bond motifs is 3. The molecule has 0 atom stereocenters. The fourth-order valence-electron chi connectivity index (χ4n) is 1.80. The van der Waals surface area contributed by atoms with Gasteiger partial charge in [0.2, 0.25) is 0 Å². The lowest BCUT2D eigenvalue weighted by Crippen LogP contribution is -1.90. The zero-order valence-electron chi connectivity index (χ0n) is 9.25. The van der Waals surface area contributed by atoms with Crippen molar-refractivity contribution in [2.24, 2.45) is 0 Å². The number of hydrogen-bond acceptors (Lipinski definition) is 5. The molecular weight excluding hydrogens is 222 g/mol. The molecule has 2 N–H and O–H groups in total. The van der Waals surface area contributed by atoms with Gasteiger partial charge in [0.05, 0.1) is 0 Å². The molecule has 0 unspecified atom stereocenters. The number of nitrogens with zero attached hydrogens (tertiary/aromatic N) is 3. The summed E-state index contributed by atoms with van der Waals surface area (Å²) in [5.74, 6) is 0.829. The van der Waals surface area contributed by atoms with Crippen molar-refractivity contribution in [1.82, 2.24) is 20.4 Å². The van der Waals surface area contributed by atoms with Gasteiger partial charge in [-0.2, -0.15) is 5.10 Å². The quantitative estimate of drug-likeness (QED) is 0.676. The molecule has 0 amide bonds. The number of anilines is 1. The van der Waals surface area contributed by atoms with Gasteiger partial charge in [-0.25, -0.2) is 0 Å². The Morgan fingerprint density at radius 3 is 2.81 bits per heavy atom. The Morgan fingerprint density at radius 2 is 2.06 bits per heavy atom. The van der Waals surface area contributed by atoms with Gasteiger partial charge in [0.15, 0.2) is 5.82 Å². The summed E-state index contributed by atoms with van der Waals surface area (Å²) in [6.07, 6.45) is 0. The summed E-state index contributed by atoms with van der Waals surface area (Å²) in [6.45, 7) is 4.09. The third-order valence-corrected chi connectivity index (χ3v) is 3.91. The Balaban J connectivity index is 2.53. The van der Waals surface area contributed by atoms with Crippen LogP contribution in [0.4, 0.5) is 5.82 Å². The topological polar surface area (TPSA) is 66.5 Å². The average molecular weight is 233 g/mol. The molecule has 0 bridgehead atoms. The molecule has 0 aliphatic carbocycles. The van der Waals surface area contributed by atoms with Crippen LogP contribution in [0.5, 0.6) is 0 Å². The van der Waals surface area contributed by atoms with Crippen molar-refractivity contribution >= 4 is 37.6 Å². The van der Waals surface area contributed by atoms with Gasteiger partial charge in [-0.3, -0.25) is 5.10 Å². The summed E-state index contributed by atoms with van der Waals surface area (Å²) in [5, 5.41) is 19.8. The minimum atomic E-state index is 0.829. The van der Waals surface area contributed by atoms with Crippen molar-refractivity contribution in [3.63, 3.8) is 0 Å². The van der Waals surface area contributed by atoms with Crippen LogP contribution in [0.15, 0.2) is 0 Å². The second kappa shape index (κ2) is 3.15. The van der Waals surface area contributed by atoms with E-state index in [1.165, 1.54) is 5.56 Å². The van der Waals surface area contributed by atoms with E-state index in [0.717, 1.165) is 31.9 Å². The van der Waals surface area contributed by atoms with E-state index in [4.69, 9.17) is 0 Å². The lowest BCUT2D eigenvalue weighted by atomic mass is 10.1. The lowest BCUT2D eigenvalue weighted by molar-refractivity contribution is 1.01. The minimum Gasteiger partial charge on any atom is -0.370 e. The van der Waals surface area contributed by atoms with Crippen molar-refractivity contribution in [2.75, 3.05) is 12.4 Å². The fraction of sp³-hybridized carbons (Fsp3) is 0.300. The highest BCUT2D eigenvalue weighted by Crippen LogP contribution is 2.36. The van der Waals surface area contributed by atoms with Gasteiger partial charge >= 0.3 is 0 Å². The maximum Gasteiger partial charge on any atom is 0.168 e. The van der Waals surface area contributed by atoms with Crippen LogP contribution >= 0.6 is 11.3 Å². The van der Waals surface area contributed by atoms with Crippen molar-refractivity contribution < 1.29 is 0 Å². The van der Waals surface area contributed by atoms with Crippen molar-refractivity contribution in [1.29, 1.82) is 0 Å². The van der Waals surface area contributed by atoms with Gasteiger partial charge in [-0.15, -0.1) is 21.5 Å². The van der Waals surface area contributed by atoms with E-state index in [1.54, 1.807) is 11.3 Å². The van der Waals surface area contributed by atoms with Crippen molar-refractivity contribution in [3.8, 4) is 0 Å². The normalized spacial score (nSPS) is 11.4. The second-order valence-electron chi connectivity index (χ2n) is 3.73. The van der Waals surface area contributed by atoms with Crippen LogP contribution < -0.4 is 5.32 Å². The lowest BCUT2D eigenvalue weighted by Gasteiger charge is -1.99. The Kier molecular flexibility index (Phi) is 1.88. The summed E-state index contributed by atoms with van der Waals surface area (Å²) in [7, 11) is 1.85. The van der Waals surface area contributed by atoms with E-state index in [9.17, 15) is 0 Å². The molecule has 16 heavy (non-hydrogen) atoms. The molecule has 0 spiro atoms. The fourth-order valence-corrected chi connectivity index (χ4v) is 2.91. The number of hydrogen-bond donors (Lipinski definition) is 2. The molecule has 5 nitrogen and oxygen atoms in total. The molecule has 82 valence electrons. The van der Waals surface area contributed by atoms with E-state index >= 15 is 0 Å². The molecule has 3 rings (SSSR count). The molecule has 0 fully saturated rings. The molecule has 3 heterocycles. The van der Waals surface area contributed by atoms with Crippen molar-refractivity contribution in [2.45, 2.75) is 13.8 Å². The Morgan fingerprint density at radius 1 is 1.25 bits per heavy atom. The van der Waals surface area contributed by atoms with Crippen LogP contribution in [0, 0.1) is 13.8 Å². The summed E-state index contributed by atoms with van der Waals surface area (Å²) < 4.78 is 1.08. The molecule has 0 saturated heterocycles. The highest BCUT2D eigenvalue weighted by molar-refractivity contribution is 7.26. The van der Waals surface area contributed by atoms with Crippen LogP contribution in [0.25, 0.3) is 20.4 Å². The van der Waals surface area contributed by atoms with Gasteiger partial charge < -0.3 is 5.32 Å². The maximum atomic E-state index is 4.32. The molecule has 3 aromatic rings. The molecule has 6 heteroatoms. The predicted octanol–water partition coefficient (Wildman–Crippen LogP) is 2.23. The zero-order chi connectivity index (χ0) is 11.3. The van der Waals surface area contributed by atoms with E-state index in [0.29, 0.717) is 0 Å². The van der Waals surface area contributed by atoms with Crippen LogP contribution in [0.3, 0.4) is 0 Å². The molecule has 0 aliphatic rings. The maximum absolute atomic E-state index is 4.32. The number of H-pyrrole nitrogens is 1. The predicted molar refractivity (Wildman–Crippen MR) is 66.1 cm³/mol. The highest BCUT2D eigenvalue weighted by atomic mass is 32.1. The van der Waals surface area contributed by atoms with Crippen LogP contribution in [-0.4, -0.2) is 27.4 Å². The van der Waals surface area contributed by atoms with Gasteiger partial charge in [-0.1, -0.05) is 0 Å². The van der Waals surface area contributed by atoms with Gasteiger partial charge in [0.1, 0.15) is 15.0 Å². The molecule has 0 aliphatic heterocycles. The van der Waals surface area contributed by atoms with Gasteiger partial charge in [-0.05, 0) is 19.4 Å². The van der Waals surface area contributed by atoms with E-state index in [-0.39, 0.29) is 0 Å². The zero-order valence-corrected chi connectivity index (χ0v) is 10.1. The SMILES string of the molecule is CNc1nnc2c1sc1n[nH]c(C)c(C)c12. The van der Waals surface area contributed by atoms with Crippen LogP contribution in [-0.2, 0) is 0 Å². The highest BCUT2D eigenvalue weighted by Gasteiger charge is 2.16. The second-order valence-corrected chi connectivity index (χ2v) is 4.73. The van der Waals surface area contributed by atoms with Crippen LogP contribution in [0.2, 0.25) is 0 Å². The third-order valence-electron chi connectivity index (χ3n) is 2.83. The Hall–Kier alpha value is -1.69. The van der Waals surface area contributed by atoms with E-state index in [2.05, 4.69) is 32.6 Å². The van der Waals surface area contributed by atoms with Gasteiger partial charge in [0, 0.05) is 18.1 Å². The minimum absolute atomic E-state index is 0.829. The number of aromatic amines is 1. The summed E-state index contributed by atoms with van der Waals surface area (Å²) in [4.78, 5) is 0.986. The third kappa shape index (κ3) is 1.07. The van der Waals surface area contributed by atoms with Crippen molar-refractivity contribution in [3.05, 3.63) is 11.3 Å². The number of aryl methyl sites for hydroxylation is 2. The number of thiophene rings is 1. The molecule has 0 aromatic carbocycles. The van der Waals surface area contributed by atoms with E-state index in [1.807, 2.05) is 14.0 Å². The summed E-state index contributed by atoms with van der Waals surface area (Å²) in [5.41, 5.74) is 3.21. The van der Waals surface area contributed by atoms with E-state index < -0.39 is 0 Å². The number of rotatable bonds is 1. The molecule has 0 radical (unpaired) electrons. The van der Waals surface area contributed by atoms with Gasteiger partial charge in [0.25, 0.3) is 0 Å². The average Bonchev–Trinajstić information content (AvgIpc) is 2.81. The Labute approximate surface area is 95.9 Å². The molecular formula is C10H11N5S. The largest absolute Gasteiger partial charge is 0.370 e. The van der Waals surface area contributed by atoms with Crippen LogP contribution in [0.1, 0.15) is 11.3 Å². The summed E-state index contributed by atoms with van der Waals surface area (Å²) in [6, 6.07) is 0. The Bertz CT molecular complexity index is 681. The smallest absolute Gasteiger partial charge is 0.168 e. The number of nitrogens with one attached hydrogen (secondary N) is 2. The molecule has 0 saturated carbocycles. The first kappa shape index (κ1) is 9.53. The standard InChI is InChI=1S/C10H11N5S/c1-4-5(2)12-15-10-6(4)7-8(16-10)9(11-3)14-13-7/h11-12H,1-3H3. The first-order valence-electron chi connectivity index (χ1n) is 5.00. The monoisotopic (exact) mass is 233 g/mol. The number of aromatic nitrogens is 4. The summed E-state index contributed by atoms with van der Waals surface area (Å²) >= 11 is 1.61. The first-order chi connectivity index (χ1) is 7.72.